The Morgan fingerprint density at radius 1 is 1.58 bits per heavy atom. The van der Waals surface area contributed by atoms with E-state index in [1.807, 2.05) is 13.0 Å². The van der Waals surface area contributed by atoms with Gasteiger partial charge in [0, 0.05) is 4.90 Å². The van der Waals surface area contributed by atoms with Crippen molar-refractivity contribution in [3.05, 3.63) is 29.3 Å². The highest BCUT2D eigenvalue weighted by Gasteiger charge is 2.06. The average molecular weight is 182 g/mol. The number of carboxylic acid groups (broad SMARTS) is 1. The summed E-state index contributed by atoms with van der Waals surface area (Å²) in [6, 6.07) is 5.18. The molecule has 0 aliphatic rings. The maximum atomic E-state index is 10.6. The SMILES string of the molecule is CCc1ccc(C(=O)O)c(S)c1. The van der Waals surface area contributed by atoms with E-state index in [0.717, 1.165) is 12.0 Å². The van der Waals surface area contributed by atoms with Gasteiger partial charge in [0.1, 0.15) is 0 Å². The number of benzene rings is 1. The van der Waals surface area contributed by atoms with E-state index >= 15 is 0 Å². The second kappa shape index (κ2) is 3.63. The lowest BCUT2D eigenvalue weighted by molar-refractivity contribution is 0.0693. The number of aryl methyl sites for hydroxylation is 1. The van der Waals surface area contributed by atoms with Gasteiger partial charge in [-0.1, -0.05) is 13.0 Å². The van der Waals surface area contributed by atoms with Gasteiger partial charge in [0.2, 0.25) is 0 Å². The zero-order valence-corrected chi connectivity index (χ0v) is 7.64. The first kappa shape index (κ1) is 9.13. The highest BCUT2D eigenvalue weighted by atomic mass is 32.1. The number of thiol groups is 1. The molecule has 0 aromatic heterocycles. The summed E-state index contributed by atoms with van der Waals surface area (Å²) >= 11 is 4.08. The number of carboxylic acids is 1. The minimum absolute atomic E-state index is 0.260. The third kappa shape index (κ3) is 1.80. The van der Waals surface area contributed by atoms with Gasteiger partial charge in [-0.05, 0) is 24.1 Å². The Labute approximate surface area is 76.6 Å². The predicted octanol–water partition coefficient (Wildman–Crippen LogP) is 2.24. The van der Waals surface area contributed by atoms with Crippen LogP contribution in [0.25, 0.3) is 0 Å². The predicted molar refractivity (Wildman–Crippen MR) is 50.0 cm³/mol. The van der Waals surface area contributed by atoms with Gasteiger partial charge in [0.05, 0.1) is 5.56 Å². The Morgan fingerprint density at radius 3 is 2.67 bits per heavy atom. The van der Waals surface area contributed by atoms with Crippen molar-refractivity contribution in [2.24, 2.45) is 0 Å². The number of carbonyl (C=O) groups is 1. The topological polar surface area (TPSA) is 37.3 Å². The van der Waals surface area contributed by atoms with E-state index < -0.39 is 5.97 Å². The molecule has 64 valence electrons. The summed E-state index contributed by atoms with van der Waals surface area (Å²) in [6.07, 6.45) is 0.896. The van der Waals surface area contributed by atoms with Crippen molar-refractivity contribution in [3.63, 3.8) is 0 Å². The van der Waals surface area contributed by atoms with Crippen LogP contribution < -0.4 is 0 Å². The second-order valence-electron chi connectivity index (χ2n) is 2.51. The van der Waals surface area contributed by atoms with Gasteiger partial charge in [-0.25, -0.2) is 4.79 Å². The molecule has 0 atom stereocenters. The van der Waals surface area contributed by atoms with E-state index in [1.54, 1.807) is 12.1 Å². The lowest BCUT2D eigenvalue weighted by Gasteiger charge is -2.01. The average Bonchev–Trinajstić information content (AvgIpc) is 2.03. The summed E-state index contributed by atoms with van der Waals surface area (Å²) in [4.78, 5) is 11.1. The minimum Gasteiger partial charge on any atom is -0.478 e. The molecule has 1 N–H and O–H groups in total. The summed E-state index contributed by atoms with van der Waals surface area (Å²) in [5, 5.41) is 8.68. The monoisotopic (exact) mass is 182 g/mol. The molecule has 1 aromatic rings. The molecule has 3 heteroatoms. The van der Waals surface area contributed by atoms with E-state index in [2.05, 4.69) is 12.6 Å². The third-order valence-corrected chi connectivity index (χ3v) is 2.07. The number of rotatable bonds is 2. The van der Waals surface area contributed by atoms with Crippen molar-refractivity contribution in [2.45, 2.75) is 18.2 Å². The van der Waals surface area contributed by atoms with Gasteiger partial charge in [-0.15, -0.1) is 12.6 Å². The Balaban J connectivity index is 3.12. The fourth-order valence-electron chi connectivity index (χ4n) is 0.978. The Kier molecular flexibility index (Phi) is 2.76. The minimum atomic E-state index is -0.928. The van der Waals surface area contributed by atoms with Crippen LogP contribution >= 0.6 is 12.6 Å². The molecule has 0 spiro atoms. The largest absolute Gasteiger partial charge is 0.478 e. The van der Waals surface area contributed by atoms with E-state index in [1.165, 1.54) is 0 Å². The van der Waals surface area contributed by atoms with Crippen molar-refractivity contribution in [3.8, 4) is 0 Å². The lowest BCUT2D eigenvalue weighted by Crippen LogP contribution is -1.98. The van der Waals surface area contributed by atoms with Crippen molar-refractivity contribution >= 4 is 18.6 Å². The summed E-state index contributed by atoms with van der Waals surface area (Å²) in [5.74, 6) is -0.928. The zero-order chi connectivity index (χ0) is 9.14. The molecule has 0 bridgehead atoms. The molecule has 0 radical (unpaired) electrons. The first-order chi connectivity index (χ1) is 5.65. The standard InChI is InChI=1S/C9H10O2S/c1-2-6-3-4-7(9(10)11)8(12)5-6/h3-5,12H,2H2,1H3,(H,10,11). The fourth-order valence-corrected chi connectivity index (χ4v) is 1.31. The summed E-state index contributed by atoms with van der Waals surface area (Å²) in [6.45, 7) is 2.02. The molecule has 0 aliphatic heterocycles. The molecular weight excluding hydrogens is 172 g/mol. The summed E-state index contributed by atoms with van der Waals surface area (Å²) in [5.41, 5.74) is 1.36. The first-order valence-electron chi connectivity index (χ1n) is 3.70. The van der Waals surface area contributed by atoms with E-state index in [9.17, 15) is 4.79 Å². The number of hydrogen-bond acceptors (Lipinski definition) is 2. The molecule has 1 aromatic carbocycles. The van der Waals surface area contributed by atoms with Gasteiger partial charge in [-0.3, -0.25) is 0 Å². The van der Waals surface area contributed by atoms with E-state index in [-0.39, 0.29) is 5.56 Å². The molecule has 0 unspecified atom stereocenters. The molecule has 0 heterocycles. The Hall–Kier alpha value is -0.960. The van der Waals surface area contributed by atoms with Crippen LogP contribution in [0.15, 0.2) is 23.1 Å². The summed E-state index contributed by atoms with van der Waals surface area (Å²) in [7, 11) is 0. The maximum Gasteiger partial charge on any atom is 0.336 e. The van der Waals surface area contributed by atoms with E-state index in [4.69, 9.17) is 5.11 Å². The van der Waals surface area contributed by atoms with Gasteiger partial charge in [0.15, 0.2) is 0 Å². The van der Waals surface area contributed by atoms with Crippen LogP contribution in [0.4, 0.5) is 0 Å². The number of aromatic carboxylic acids is 1. The molecular formula is C9H10O2S. The molecule has 12 heavy (non-hydrogen) atoms. The Bertz CT molecular complexity index is 307. The molecule has 0 fully saturated rings. The molecule has 2 nitrogen and oxygen atoms in total. The quantitative estimate of drug-likeness (QED) is 0.688. The highest BCUT2D eigenvalue weighted by molar-refractivity contribution is 7.80. The van der Waals surface area contributed by atoms with Gasteiger partial charge >= 0.3 is 5.97 Å². The molecule has 0 saturated heterocycles. The molecule has 0 aliphatic carbocycles. The van der Waals surface area contributed by atoms with Crippen LogP contribution in [0, 0.1) is 0 Å². The van der Waals surface area contributed by atoms with Crippen molar-refractivity contribution < 1.29 is 9.90 Å². The van der Waals surface area contributed by atoms with Crippen LogP contribution in [0.2, 0.25) is 0 Å². The second-order valence-corrected chi connectivity index (χ2v) is 2.99. The van der Waals surface area contributed by atoms with Gasteiger partial charge in [0.25, 0.3) is 0 Å². The van der Waals surface area contributed by atoms with Crippen LogP contribution in [-0.2, 0) is 6.42 Å². The summed E-state index contributed by atoms with van der Waals surface area (Å²) < 4.78 is 0. The normalized spacial score (nSPS) is 9.83. The zero-order valence-electron chi connectivity index (χ0n) is 6.74. The first-order valence-corrected chi connectivity index (χ1v) is 4.15. The number of hydrogen-bond donors (Lipinski definition) is 2. The van der Waals surface area contributed by atoms with Crippen molar-refractivity contribution in [1.82, 2.24) is 0 Å². The van der Waals surface area contributed by atoms with Crippen molar-refractivity contribution in [1.29, 1.82) is 0 Å². The molecule has 1 rings (SSSR count). The van der Waals surface area contributed by atoms with Crippen LogP contribution in [0.1, 0.15) is 22.8 Å². The van der Waals surface area contributed by atoms with Gasteiger partial charge in [-0.2, -0.15) is 0 Å². The lowest BCUT2D eigenvalue weighted by atomic mass is 10.1. The van der Waals surface area contributed by atoms with Gasteiger partial charge < -0.3 is 5.11 Å². The van der Waals surface area contributed by atoms with Crippen LogP contribution in [0.3, 0.4) is 0 Å². The van der Waals surface area contributed by atoms with Crippen molar-refractivity contribution in [2.75, 3.05) is 0 Å². The Morgan fingerprint density at radius 2 is 2.25 bits per heavy atom. The van der Waals surface area contributed by atoms with Crippen LogP contribution in [0.5, 0.6) is 0 Å². The highest BCUT2D eigenvalue weighted by Crippen LogP contribution is 2.16. The molecule has 0 saturated carbocycles. The molecule has 0 amide bonds. The van der Waals surface area contributed by atoms with E-state index in [0.29, 0.717) is 4.90 Å². The maximum absolute atomic E-state index is 10.6. The van der Waals surface area contributed by atoms with Crippen LogP contribution in [-0.4, -0.2) is 11.1 Å². The third-order valence-electron chi connectivity index (χ3n) is 1.70. The fraction of sp³-hybridized carbons (Fsp3) is 0.222. The smallest absolute Gasteiger partial charge is 0.336 e.